The van der Waals surface area contributed by atoms with E-state index >= 15 is 0 Å². The van der Waals surface area contributed by atoms with Crippen molar-refractivity contribution >= 4 is 17.7 Å². The molecule has 1 aromatic carbocycles. The van der Waals surface area contributed by atoms with Gasteiger partial charge in [-0.3, -0.25) is 23.5 Å². The smallest absolute Gasteiger partial charge is 0.333 e. The van der Waals surface area contributed by atoms with Crippen LogP contribution < -0.4 is 27.2 Å². The van der Waals surface area contributed by atoms with E-state index in [1.807, 2.05) is 4.90 Å². The molecule has 10 heteroatoms. The fourth-order valence-corrected chi connectivity index (χ4v) is 3.92. The van der Waals surface area contributed by atoms with Gasteiger partial charge in [-0.2, -0.15) is 0 Å². The fourth-order valence-electron chi connectivity index (χ4n) is 3.92. The topological polar surface area (TPSA) is 140 Å². The highest BCUT2D eigenvalue weighted by atomic mass is 16.4. The van der Waals surface area contributed by atoms with Crippen molar-refractivity contribution in [3.8, 4) is 11.8 Å². The first-order valence-corrected chi connectivity index (χ1v) is 11.1. The van der Waals surface area contributed by atoms with E-state index < -0.39 is 29.2 Å². The monoisotopic (exact) mass is 467 g/mol. The van der Waals surface area contributed by atoms with E-state index in [0.717, 1.165) is 17.4 Å². The number of carboxylic acid groups (broad SMARTS) is 1. The fraction of sp³-hybridized carbons (Fsp3) is 0.417. The standard InChI is InChI=1S/C24H29N5O5/c1-3-4-12-28-20(27-11-7-9-18(25)15-27)13-21(30)29(24(28)34)14-17-8-5-6-10-19(17)22(31)26-16(2)23(32)33/h5-6,8,10,13,16,18H,7,9,11-12,14-15,25H2,1-2H3,(H,26,31)(H,32,33)/t16-,18+/m0/s1. The van der Waals surface area contributed by atoms with E-state index in [-0.39, 0.29) is 24.7 Å². The SMILES string of the molecule is CC#CCn1c(N2CCC[C@@H](N)C2)cc(=O)n(Cc2ccccc2C(=O)N[C@@H](C)C(=O)O)c1=O. The van der Waals surface area contributed by atoms with Gasteiger partial charge in [0.05, 0.1) is 13.1 Å². The molecule has 180 valence electrons. The van der Waals surface area contributed by atoms with Crippen LogP contribution in [0.25, 0.3) is 0 Å². The molecule has 1 fully saturated rings. The molecule has 0 unspecified atom stereocenters. The maximum atomic E-state index is 13.4. The number of nitrogens with two attached hydrogens (primary N) is 1. The Kier molecular flexibility index (Phi) is 7.91. The Balaban J connectivity index is 2.02. The van der Waals surface area contributed by atoms with Crippen LogP contribution in [0, 0.1) is 11.8 Å². The highest BCUT2D eigenvalue weighted by Gasteiger charge is 2.23. The number of aromatic nitrogens is 2. The first kappa shape index (κ1) is 24.8. The van der Waals surface area contributed by atoms with Crippen molar-refractivity contribution in [3.05, 3.63) is 62.3 Å². The zero-order chi connectivity index (χ0) is 24.8. The summed E-state index contributed by atoms with van der Waals surface area (Å²) in [6.07, 6.45) is 1.74. The van der Waals surface area contributed by atoms with Gasteiger partial charge in [0.15, 0.2) is 0 Å². The maximum absolute atomic E-state index is 13.4. The Morgan fingerprint density at radius 1 is 1.26 bits per heavy atom. The van der Waals surface area contributed by atoms with E-state index in [0.29, 0.717) is 24.5 Å². The molecule has 2 aromatic rings. The van der Waals surface area contributed by atoms with Gasteiger partial charge in [-0.05, 0) is 38.3 Å². The number of carbonyl (C=O) groups excluding carboxylic acids is 1. The maximum Gasteiger partial charge on any atom is 0.333 e. The van der Waals surface area contributed by atoms with E-state index in [1.165, 1.54) is 23.6 Å². The Labute approximate surface area is 197 Å². The van der Waals surface area contributed by atoms with Crippen molar-refractivity contribution < 1.29 is 14.7 Å². The van der Waals surface area contributed by atoms with Crippen LogP contribution in [0.1, 0.15) is 42.6 Å². The Hall–Kier alpha value is -3.84. The van der Waals surface area contributed by atoms with Crippen LogP contribution in [-0.4, -0.2) is 51.3 Å². The summed E-state index contributed by atoms with van der Waals surface area (Å²) in [6.45, 7) is 4.20. The second kappa shape index (κ2) is 10.9. The van der Waals surface area contributed by atoms with Crippen LogP contribution >= 0.6 is 0 Å². The molecular weight excluding hydrogens is 438 g/mol. The summed E-state index contributed by atoms with van der Waals surface area (Å²) in [6, 6.07) is 6.73. The summed E-state index contributed by atoms with van der Waals surface area (Å²) in [7, 11) is 0. The molecule has 0 radical (unpaired) electrons. The van der Waals surface area contributed by atoms with Gasteiger partial charge in [-0.15, -0.1) is 5.92 Å². The first-order chi connectivity index (χ1) is 16.2. The lowest BCUT2D eigenvalue weighted by atomic mass is 10.1. The molecule has 1 saturated heterocycles. The van der Waals surface area contributed by atoms with Gasteiger partial charge in [-0.25, -0.2) is 4.79 Å². The number of hydrogen-bond acceptors (Lipinski definition) is 6. The van der Waals surface area contributed by atoms with E-state index in [2.05, 4.69) is 17.2 Å². The molecule has 4 N–H and O–H groups in total. The van der Waals surface area contributed by atoms with Gasteiger partial charge >= 0.3 is 11.7 Å². The van der Waals surface area contributed by atoms with Crippen molar-refractivity contribution in [2.45, 2.75) is 51.9 Å². The molecule has 0 spiro atoms. The van der Waals surface area contributed by atoms with E-state index in [4.69, 9.17) is 10.8 Å². The van der Waals surface area contributed by atoms with Crippen molar-refractivity contribution in [2.24, 2.45) is 5.73 Å². The third-order valence-electron chi connectivity index (χ3n) is 5.76. The van der Waals surface area contributed by atoms with Gasteiger partial charge in [0, 0.05) is 30.8 Å². The molecule has 1 aromatic heterocycles. The normalized spacial score (nSPS) is 16.3. The number of piperidine rings is 1. The molecule has 0 saturated carbocycles. The Morgan fingerprint density at radius 2 is 2.00 bits per heavy atom. The number of carboxylic acids is 1. The highest BCUT2D eigenvalue weighted by molar-refractivity contribution is 5.97. The van der Waals surface area contributed by atoms with Crippen LogP contribution in [0.4, 0.5) is 5.82 Å². The lowest BCUT2D eigenvalue weighted by molar-refractivity contribution is -0.138. The lowest BCUT2D eigenvalue weighted by Gasteiger charge is -2.33. The largest absolute Gasteiger partial charge is 0.480 e. The summed E-state index contributed by atoms with van der Waals surface area (Å²) >= 11 is 0. The van der Waals surface area contributed by atoms with Crippen LogP contribution in [0.2, 0.25) is 0 Å². The Bertz CT molecular complexity index is 1250. The summed E-state index contributed by atoms with van der Waals surface area (Å²) in [5.41, 5.74) is 5.66. The molecule has 34 heavy (non-hydrogen) atoms. The predicted molar refractivity (Wildman–Crippen MR) is 128 cm³/mol. The van der Waals surface area contributed by atoms with Crippen molar-refractivity contribution in [1.29, 1.82) is 0 Å². The highest BCUT2D eigenvalue weighted by Crippen LogP contribution is 2.17. The number of benzene rings is 1. The molecule has 0 bridgehead atoms. The van der Waals surface area contributed by atoms with Crippen LogP contribution in [-0.2, 0) is 17.9 Å². The quantitative estimate of drug-likeness (QED) is 0.495. The number of hydrogen-bond donors (Lipinski definition) is 3. The molecule has 3 rings (SSSR count). The van der Waals surface area contributed by atoms with Crippen molar-refractivity contribution in [1.82, 2.24) is 14.5 Å². The first-order valence-electron chi connectivity index (χ1n) is 11.1. The lowest BCUT2D eigenvalue weighted by Crippen LogP contribution is -2.48. The molecule has 1 aliphatic rings. The third kappa shape index (κ3) is 5.55. The summed E-state index contributed by atoms with van der Waals surface area (Å²) in [5.74, 6) is 4.37. The number of anilines is 1. The molecule has 0 aliphatic carbocycles. The van der Waals surface area contributed by atoms with E-state index in [9.17, 15) is 19.2 Å². The van der Waals surface area contributed by atoms with Crippen molar-refractivity contribution in [2.75, 3.05) is 18.0 Å². The van der Waals surface area contributed by atoms with Gasteiger partial charge in [-0.1, -0.05) is 24.1 Å². The van der Waals surface area contributed by atoms with Gasteiger partial charge in [0.25, 0.3) is 11.5 Å². The average Bonchev–Trinajstić information content (AvgIpc) is 2.81. The van der Waals surface area contributed by atoms with Gasteiger partial charge in [0.2, 0.25) is 0 Å². The number of aliphatic carboxylic acids is 1. The second-order valence-electron chi connectivity index (χ2n) is 8.26. The summed E-state index contributed by atoms with van der Waals surface area (Å²) < 4.78 is 2.50. The van der Waals surface area contributed by atoms with Crippen LogP contribution in [0.3, 0.4) is 0 Å². The average molecular weight is 468 g/mol. The minimum atomic E-state index is -1.17. The van der Waals surface area contributed by atoms with Gasteiger partial charge < -0.3 is 21.1 Å². The molecule has 1 aliphatic heterocycles. The third-order valence-corrected chi connectivity index (χ3v) is 5.76. The number of carbonyl (C=O) groups is 2. The zero-order valence-electron chi connectivity index (χ0n) is 19.3. The number of nitrogens with one attached hydrogen (secondary N) is 1. The minimum Gasteiger partial charge on any atom is -0.480 e. The van der Waals surface area contributed by atoms with Crippen LogP contribution in [0.5, 0.6) is 0 Å². The predicted octanol–water partition coefficient (Wildman–Crippen LogP) is 0.212. The Morgan fingerprint density at radius 3 is 2.68 bits per heavy atom. The molecule has 1 amide bonds. The molecule has 2 atom stereocenters. The molecule has 2 heterocycles. The second-order valence-corrected chi connectivity index (χ2v) is 8.26. The summed E-state index contributed by atoms with van der Waals surface area (Å²) in [5, 5.41) is 11.5. The molecular formula is C24H29N5O5. The summed E-state index contributed by atoms with van der Waals surface area (Å²) in [4.78, 5) is 52.2. The van der Waals surface area contributed by atoms with Gasteiger partial charge in [0.1, 0.15) is 11.9 Å². The van der Waals surface area contributed by atoms with Crippen LogP contribution in [0.15, 0.2) is 39.9 Å². The number of amides is 1. The van der Waals surface area contributed by atoms with E-state index in [1.54, 1.807) is 25.1 Å². The number of nitrogens with zero attached hydrogens (tertiary/aromatic N) is 3. The molecule has 10 nitrogen and oxygen atoms in total. The number of rotatable bonds is 7. The van der Waals surface area contributed by atoms with Crippen molar-refractivity contribution in [3.63, 3.8) is 0 Å². The zero-order valence-corrected chi connectivity index (χ0v) is 19.3. The minimum absolute atomic E-state index is 0.0458.